The molecule has 11 aromatic rings. The van der Waals surface area contributed by atoms with Gasteiger partial charge in [0.05, 0.1) is 23.6 Å². The monoisotopic (exact) mass is 704 g/mol. The van der Waals surface area contributed by atoms with Crippen molar-refractivity contribution >= 4 is 54.1 Å². The summed E-state index contributed by atoms with van der Waals surface area (Å²) in [6, 6.07) is 53.3. The molecule has 0 spiro atoms. The average Bonchev–Trinajstić information content (AvgIpc) is 3.63. The zero-order chi connectivity index (χ0) is 40.6. The number of nitrogens with zero attached hydrogens (tertiary/aromatic N) is 3. The summed E-state index contributed by atoms with van der Waals surface area (Å²) >= 11 is 0. The third kappa shape index (κ3) is 5.13. The lowest BCUT2D eigenvalue weighted by Crippen LogP contribution is -1.98. The van der Waals surface area contributed by atoms with Gasteiger partial charge in [-0.2, -0.15) is 0 Å². The first-order valence-corrected chi connectivity index (χ1v) is 18.3. The zero-order valence-corrected chi connectivity index (χ0v) is 29.5. The molecule has 0 fully saturated rings. The molecule has 0 unspecified atom stereocenters. The molecule has 0 amide bonds. The van der Waals surface area contributed by atoms with E-state index in [1.807, 2.05) is 42.5 Å². The molecular weight excluding hydrogens is 667 g/mol. The highest BCUT2D eigenvalue weighted by molar-refractivity contribution is 6.21. The van der Waals surface area contributed by atoms with Crippen LogP contribution in [0.2, 0.25) is 0 Å². The minimum absolute atomic E-state index is 0.165. The SMILES string of the molecule is [2H]c1c([2H])c([2H])c(-c2ccc3c(c2)c2cnccc2n3-c2cccc(-c3ccc(-c4c5ccccc5c(-c5ccc6ccccc6c5)c5ccccc45)cc3)n2)c([2H])c1[2H]. The first kappa shape index (κ1) is 26.4. The fraction of sp³-hybridized carbons (Fsp3) is 0. The third-order valence-electron chi connectivity index (χ3n) is 10.8. The van der Waals surface area contributed by atoms with Crippen LogP contribution in [0.3, 0.4) is 0 Å². The molecule has 0 aliphatic carbocycles. The lowest BCUT2D eigenvalue weighted by molar-refractivity contribution is 1.08. The lowest BCUT2D eigenvalue weighted by atomic mass is 9.85. The van der Waals surface area contributed by atoms with Gasteiger partial charge in [0.1, 0.15) is 5.82 Å². The Kier molecular flexibility index (Phi) is 6.07. The molecule has 0 radical (unpaired) electrons. The summed E-state index contributed by atoms with van der Waals surface area (Å²) in [6.45, 7) is 0. The van der Waals surface area contributed by atoms with Crippen LogP contribution in [-0.2, 0) is 0 Å². The van der Waals surface area contributed by atoms with Crippen molar-refractivity contribution in [3.8, 4) is 50.5 Å². The number of fused-ring (bicyclic) bond motifs is 6. The summed E-state index contributed by atoms with van der Waals surface area (Å²) in [7, 11) is 0. The lowest BCUT2D eigenvalue weighted by Gasteiger charge is -2.18. The molecule has 3 nitrogen and oxygen atoms in total. The van der Waals surface area contributed by atoms with E-state index in [1.54, 1.807) is 12.4 Å². The molecule has 11 rings (SSSR count). The summed E-state index contributed by atoms with van der Waals surface area (Å²) in [5, 5.41) is 8.96. The van der Waals surface area contributed by atoms with Crippen molar-refractivity contribution in [2.24, 2.45) is 0 Å². The number of hydrogen-bond acceptors (Lipinski definition) is 2. The molecule has 0 bridgehead atoms. The first-order chi connectivity index (χ1) is 29.4. The molecular formula is C52H33N3. The van der Waals surface area contributed by atoms with Crippen LogP contribution in [-0.4, -0.2) is 14.5 Å². The van der Waals surface area contributed by atoms with Crippen molar-refractivity contribution < 1.29 is 6.85 Å². The number of hydrogen-bond donors (Lipinski definition) is 0. The quantitative estimate of drug-likeness (QED) is 0.167. The van der Waals surface area contributed by atoms with E-state index in [0.717, 1.165) is 44.4 Å². The molecule has 3 heterocycles. The van der Waals surface area contributed by atoms with E-state index in [0.29, 0.717) is 5.56 Å². The van der Waals surface area contributed by atoms with Gasteiger partial charge in [-0.15, -0.1) is 0 Å². The van der Waals surface area contributed by atoms with E-state index in [-0.39, 0.29) is 29.7 Å². The predicted octanol–water partition coefficient (Wildman–Crippen LogP) is 13.7. The largest absolute Gasteiger partial charge is 0.294 e. The van der Waals surface area contributed by atoms with Crippen LogP contribution in [0.5, 0.6) is 0 Å². The maximum absolute atomic E-state index is 8.59. The minimum atomic E-state index is -0.412. The van der Waals surface area contributed by atoms with Gasteiger partial charge in [-0.3, -0.25) is 9.55 Å². The molecule has 0 saturated heterocycles. The fourth-order valence-corrected chi connectivity index (χ4v) is 8.27. The maximum atomic E-state index is 8.59. The molecule has 0 atom stereocenters. The summed E-state index contributed by atoms with van der Waals surface area (Å²) in [5.74, 6) is 0.722. The average molecular weight is 705 g/mol. The normalized spacial score (nSPS) is 12.9. The number of aromatic nitrogens is 3. The second-order valence-electron chi connectivity index (χ2n) is 13.8. The van der Waals surface area contributed by atoms with Crippen LogP contribution in [0.15, 0.2) is 200 Å². The molecule has 0 N–H and O–H groups in total. The summed E-state index contributed by atoms with van der Waals surface area (Å²) in [5.41, 5.74) is 9.00. The Bertz CT molecular complexity index is 3470. The highest BCUT2D eigenvalue weighted by atomic mass is 15.1. The van der Waals surface area contributed by atoms with Gasteiger partial charge in [0.2, 0.25) is 0 Å². The van der Waals surface area contributed by atoms with Gasteiger partial charge in [0.25, 0.3) is 0 Å². The number of rotatable bonds is 5. The van der Waals surface area contributed by atoms with Crippen molar-refractivity contribution in [2.75, 3.05) is 0 Å². The summed E-state index contributed by atoms with van der Waals surface area (Å²) in [4.78, 5) is 9.63. The second kappa shape index (κ2) is 12.6. The predicted molar refractivity (Wildman–Crippen MR) is 231 cm³/mol. The standard InChI is InChI=1S/C52H33N3/c1-2-11-34(12-3-1)39-27-28-48-45(32-39)46-33-53-30-29-49(46)55(48)50-20-10-19-47(54-50)36-22-24-37(25-23-36)51-41-15-6-8-17-43(41)52(44-18-9-7-16-42(44)51)40-26-21-35-13-4-5-14-38(35)31-40/h1-33H/i1D,2D,3D,11D,12D. The second-order valence-corrected chi connectivity index (χ2v) is 13.8. The molecule has 256 valence electrons. The van der Waals surface area contributed by atoms with Crippen LogP contribution in [0.1, 0.15) is 6.85 Å². The van der Waals surface area contributed by atoms with Crippen LogP contribution < -0.4 is 0 Å². The molecule has 8 aromatic carbocycles. The van der Waals surface area contributed by atoms with Crippen LogP contribution in [0, 0.1) is 0 Å². The van der Waals surface area contributed by atoms with Gasteiger partial charge in [0.15, 0.2) is 0 Å². The van der Waals surface area contributed by atoms with Crippen LogP contribution in [0.25, 0.3) is 105 Å². The van der Waals surface area contributed by atoms with E-state index >= 15 is 0 Å². The first-order valence-electron chi connectivity index (χ1n) is 20.8. The molecule has 0 saturated carbocycles. The Labute approximate surface area is 325 Å². The Morgan fingerprint density at radius 2 is 1.04 bits per heavy atom. The van der Waals surface area contributed by atoms with E-state index in [1.165, 1.54) is 49.0 Å². The smallest absolute Gasteiger partial charge is 0.138 e. The Morgan fingerprint density at radius 3 is 1.78 bits per heavy atom. The van der Waals surface area contributed by atoms with Crippen LogP contribution >= 0.6 is 0 Å². The third-order valence-corrected chi connectivity index (χ3v) is 10.8. The Morgan fingerprint density at radius 1 is 0.418 bits per heavy atom. The van der Waals surface area contributed by atoms with Crippen molar-refractivity contribution in [3.05, 3.63) is 200 Å². The van der Waals surface area contributed by atoms with E-state index in [9.17, 15) is 0 Å². The molecule has 0 aliphatic heterocycles. The number of benzene rings is 8. The molecule has 0 aliphatic rings. The van der Waals surface area contributed by atoms with Gasteiger partial charge in [-0.05, 0) is 102 Å². The van der Waals surface area contributed by atoms with Crippen molar-refractivity contribution in [3.63, 3.8) is 0 Å². The highest BCUT2D eigenvalue weighted by Gasteiger charge is 2.18. The topological polar surface area (TPSA) is 30.7 Å². The Balaban J connectivity index is 1.01. The zero-order valence-electron chi connectivity index (χ0n) is 34.5. The number of pyridine rings is 2. The van der Waals surface area contributed by atoms with Gasteiger partial charge >= 0.3 is 0 Å². The summed E-state index contributed by atoms with van der Waals surface area (Å²) < 4.78 is 43.8. The van der Waals surface area contributed by atoms with Gasteiger partial charge < -0.3 is 0 Å². The van der Waals surface area contributed by atoms with Gasteiger partial charge in [-0.25, -0.2) is 4.98 Å². The van der Waals surface area contributed by atoms with E-state index < -0.39 is 6.04 Å². The van der Waals surface area contributed by atoms with Crippen LogP contribution in [0.4, 0.5) is 0 Å². The minimum Gasteiger partial charge on any atom is -0.294 e. The van der Waals surface area contributed by atoms with E-state index in [2.05, 4.69) is 125 Å². The van der Waals surface area contributed by atoms with Crippen molar-refractivity contribution in [1.29, 1.82) is 0 Å². The molecule has 55 heavy (non-hydrogen) atoms. The van der Waals surface area contributed by atoms with Gasteiger partial charge in [0, 0.05) is 28.7 Å². The van der Waals surface area contributed by atoms with Crippen molar-refractivity contribution in [1.82, 2.24) is 14.5 Å². The Hall–Kier alpha value is -7.36. The van der Waals surface area contributed by atoms with Crippen molar-refractivity contribution in [2.45, 2.75) is 0 Å². The van der Waals surface area contributed by atoms with Gasteiger partial charge in [-0.1, -0.05) is 152 Å². The molecule has 3 aromatic heterocycles. The summed E-state index contributed by atoms with van der Waals surface area (Å²) in [6.07, 6.45) is 3.54. The maximum Gasteiger partial charge on any atom is 0.138 e. The fourth-order valence-electron chi connectivity index (χ4n) is 8.27. The molecule has 3 heteroatoms. The highest BCUT2D eigenvalue weighted by Crippen LogP contribution is 2.44. The van der Waals surface area contributed by atoms with E-state index in [4.69, 9.17) is 11.8 Å².